The molecular weight excluding hydrogens is 354 g/mol. The maximum absolute atomic E-state index is 12.9. The molecule has 0 unspecified atom stereocenters. The molecule has 7 nitrogen and oxygen atoms in total. The van der Waals surface area contributed by atoms with Crippen LogP contribution in [0.5, 0.6) is 0 Å². The molecule has 0 amide bonds. The van der Waals surface area contributed by atoms with Crippen molar-refractivity contribution in [1.82, 2.24) is 18.7 Å². The van der Waals surface area contributed by atoms with Crippen LogP contribution in [-0.4, -0.2) is 18.7 Å². The van der Waals surface area contributed by atoms with Gasteiger partial charge in [-0.3, -0.25) is 18.5 Å². The molecule has 0 radical (unpaired) electrons. The van der Waals surface area contributed by atoms with Crippen LogP contribution in [0.15, 0.2) is 70.3 Å². The normalized spacial score (nSPS) is 11.1. The van der Waals surface area contributed by atoms with Crippen molar-refractivity contribution in [3.8, 4) is 0 Å². The Morgan fingerprint density at radius 3 is 2.11 bits per heavy atom. The van der Waals surface area contributed by atoms with Gasteiger partial charge in [-0.25, -0.2) is 4.79 Å². The zero-order valence-electron chi connectivity index (χ0n) is 15.8. The Bertz CT molecular complexity index is 1240. The van der Waals surface area contributed by atoms with Gasteiger partial charge in [0, 0.05) is 20.6 Å². The first kappa shape index (κ1) is 17.8. The van der Waals surface area contributed by atoms with E-state index in [9.17, 15) is 9.59 Å². The number of imidazole rings is 1. The highest BCUT2D eigenvalue weighted by molar-refractivity contribution is 5.74. The summed E-state index contributed by atoms with van der Waals surface area (Å²) in [5.74, 6) is 0.556. The molecule has 0 aliphatic carbocycles. The zero-order chi connectivity index (χ0) is 19.7. The molecule has 2 aromatic carbocycles. The zero-order valence-corrected chi connectivity index (χ0v) is 15.8. The van der Waals surface area contributed by atoms with Crippen molar-refractivity contribution in [3.63, 3.8) is 0 Å². The molecule has 0 spiro atoms. The second-order valence-electron chi connectivity index (χ2n) is 6.72. The molecule has 0 aliphatic heterocycles. The van der Waals surface area contributed by atoms with Crippen molar-refractivity contribution in [2.75, 3.05) is 5.32 Å². The number of rotatable bonds is 5. The van der Waals surface area contributed by atoms with Crippen LogP contribution in [-0.2, 0) is 27.2 Å². The molecule has 0 saturated heterocycles. The maximum Gasteiger partial charge on any atom is 0.332 e. The van der Waals surface area contributed by atoms with Crippen molar-refractivity contribution >= 4 is 17.1 Å². The third-order valence-corrected chi connectivity index (χ3v) is 4.82. The molecule has 0 fully saturated rings. The smallest absolute Gasteiger partial charge is 0.332 e. The fraction of sp³-hybridized carbons (Fsp3) is 0.190. The van der Waals surface area contributed by atoms with Crippen LogP contribution in [0.25, 0.3) is 11.2 Å². The van der Waals surface area contributed by atoms with E-state index < -0.39 is 5.69 Å². The van der Waals surface area contributed by atoms with Crippen LogP contribution >= 0.6 is 0 Å². The van der Waals surface area contributed by atoms with Gasteiger partial charge in [0.05, 0.1) is 6.54 Å². The van der Waals surface area contributed by atoms with Crippen molar-refractivity contribution < 1.29 is 0 Å². The van der Waals surface area contributed by atoms with E-state index in [0.29, 0.717) is 30.2 Å². The molecule has 28 heavy (non-hydrogen) atoms. The maximum atomic E-state index is 12.9. The van der Waals surface area contributed by atoms with Crippen molar-refractivity contribution in [2.24, 2.45) is 14.1 Å². The van der Waals surface area contributed by atoms with Crippen molar-refractivity contribution in [3.05, 3.63) is 92.6 Å². The number of fused-ring (bicyclic) bond motifs is 1. The first-order chi connectivity index (χ1) is 13.6. The Morgan fingerprint density at radius 1 is 0.857 bits per heavy atom. The van der Waals surface area contributed by atoms with Gasteiger partial charge >= 0.3 is 5.69 Å². The van der Waals surface area contributed by atoms with Gasteiger partial charge in [-0.1, -0.05) is 60.7 Å². The Morgan fingerprint density at radius 2 is 1.46 bits per heavy atom. The fourth-order valence-electron chi connectivity index (χ4n) is 3.28. The lowest BCUT2D eigenvalue weighted by molar-refractivity contribution is 0.702. The number of nitrogens with zero attached hydrogens (tertiary/aromatic N) is 4. The first-order valence-corrected chi connectivity index (χ1v) is 9.04. The number of aryl methyl sites for hydroxylation is 1. The quantitative estimate of drug-likeness (QED) is 0.580. The summed E-state index contributed by atoms with van der Waals surface area (Å²) < 4.78 is 4.37. The molecule has 0 bridgehead atoms. The van der Waals surface area contributed by atoms with Gasteiger partial charge < -0.3 is 5.32 Å². The predicted molar refractivity (Wildman–Crippen MR) is 110 cm³/mol. The van der Waals surface area contributed by atoms with Gasteiger partial charge in [-0.05, 0) is 11.1 Å². The molecule has 0 aliphatic rings. The van der Waals surface area contributed by atoms with Gasteiger partial charge in [-0.2, -0.15) is 4.98 Å². The van der Waals surface area contributed by atoms with E-state index in [0.717, 1.165) is 15.7 Å². The number of benzene rings is 2. The second kappa shape index (κ2) is 7.19. The molecule has 0 saturated carbocycles. The standard InChI is InChI=1S/C21H21N5O2/c1-24-18-17(19(27)25(2)21(24)28)26(14-16-11-7-4-8-12-16)20(23-18)22-13-15-9-5-3-6-10-15/h3-12H,13-14H2,1-2H3,(H,22,23). The Labute approximate surface area is 161 Å². The number of hydrogen-bond acceptors (Lipinski definition) is 4. The largest absolute Gasteiger partial charge is 0.351 e. The van der Waals surface area contributed by atoms with Crippen LogP contribution in [0, 0.1) is 0 Å². The van der Waals surface area contributed by atoms with Crippen molar-refractivity contribution in [2.45, 2.75) is 13.1 Å². The van der Waals surface area contributed by atoms with E-state index in [2.05, 4.69) is 10.3 Å². The van der Waals surface area contributed by atoms with Crippen LogP contribution in [0.2, 0.25) is 0 Å². The van der Waals surface area contributed by atoms with Gasteiger partial charge in [0.15, 0.2) is 11.2 Å². The van der Waals surface area contributed by atoms with Crippen LogP contribution in [0.3, 0.4) is 0 Å². The number of nitrogens with one attached hydrogen (secondary N) is 1. The molecule has 0 atom stereocenters. The number of anilines is 1. The Kier molecular flexibility index (Phi) is 4.57. The first-order valence-electron chi connectivity index (χ1n) is 9.04. The molecular formula is C21H21N5O2. The lowest BCUT2D eigenvalue weighted by Gasteiger charge is -2.11. The van der Waals surface area contributed by atoms with E-state index >= 15 is 0 Å². The second-order valence-corrected chi connectivity index (χ2v) is 6.72. The minimum absolute atomic E-state index is 0.353. The van der Waals surface area contributed by atoms with E-state index in [4.69, 9.17) is 0 Å². The highest BCUT2D eigenvalue weighted by Crippen LogP contribution is 2.18. The lowest BCUT2D eigenvalue weighted by Crippen LogP contribution is -2.37. The minimum atomic E-state index is -0.392. The SMILES string of the molecule is Cn1c(=O)c2c(nc(NCc3ccccc3)n2Cc2ccccc2)n(C)c1=O. The van der Waals surface area contributed by atoms with Gasteiger partial charge in [0.2, 0.25) is 5.95 Å². The molecule has 2 aromatic heterocycles. The molecule has 4 rings (SSSR count). The minimum Gasteiger partial charge on any atom is -0.351 e. The van der Waals surface area contributed by atoms with E-state index in [1.54, 1.807) is 7.05 Å². The third kappa shape index (κ3) is 3.11. The summed E-state index contributed by atoms with van der Waals surface area (Å²) >= 11 is 0. The summed E-state index contributed by atoms with van der Waals surface area (Å²) in [6.07, 6.45) is 0. The van der Waals surface area contributed by atoms with Crippen LogP contribution in [0.1, 0.15) is 11.1 Å². The van der Waals surface area contributed by atoms with E-state index in [-0.39, 0.29) is 5.56 Å². The topological polar surface area (TPSA) is 73.8 Å². The summed E-state index contributed by atoms with van der Waals surface area (Å²) in [6.45, 7) is 1.04. The van der Waals surface area contributed by atoms with Gasteiger partial charge in [-0.15, -0.1) is 0 Å². The molecule has 4 aromatic rings. The molecule has 142 valence electrons. The lowest BCUT2D eigenvalue weighted by atomic mass is 10.2. The fourth-order valence-corrected chi connectivity index (χ4v) is 3.28. The summed E-state index contributed by atoms with van der Waals surface area (Å²) in [4.78, 5) is 29.8. The molecule has 2 heterocycles. The van der Waals surface area contributed by atoms with Crippen molar-refractivity contribution in [1.29, 1.82) is 0 Å². The Balaban J connectivity index is 1.86. The highest BCUT2D eigenvalue weighted by Gasteiger charge is 2.19. The van der Waals surface area contributed by atoms with Gasteiger partial charge in [0.1, 0.15) is 0 Å². The summed E-state index contributed by atoms with van der Waals surface area (Å²) in [7, 11) is 3.12. The third-order valence-electron chi connectivity index (χ3n) is 4.82. The van der Waals surface area contributed by atoms with Gasteiger partial charge in [0.25, 0.3) is 5.56 Å². The summed E-state index contributed by atoms with van der Waals surface area (Å²) in [6, 6.07) is 19.8. The number of hydrogen-bond donors (Lipinski definition) is 1. The van der Waals surface area contributed by atoms with E-state index in [1.165, 1.54) is 11.6 Å². The monoisotopic (exact) mass is 375 g/mol. The van der Waals surface area contributed by atoms with Crippen LogP contribution < -0.4 is 16.6 Å². The van der Waals surface area contributed by atoms with Crippen LogP contribution in [0.4, 0.5) is 5.95 Å². The molecule has 1 N–H and O–H groups in total. The average molecular weight is 375 g/mol. The summed E-state index contributed by atoms with van der Waals surface area (Å²) in [5.41, 5.74) is 2.18. The highest BCUT2D eigenvalue weighted by atomic mass is 16.2. The Hall–Kier alpha value is -3.61. The molecule has 7 heteroatoms. The average Bonchev–Trinajstić information content (AvgIpc) is 3.09. The number of aromatic nitrogens is 4. The van der Waals surface area contributed by atoms with E-state index in [1.807, 2.05) is 65.2 Å². The predicted octanol–water partition coefficient (Wildman–Crippen LogP) is 2.09. The summed E-state index contributed by atoms with van der Waals surface area (Å²) in [5, 5.41) is 3.32.